The Hall–Kier alpha value is -0.760. The maximum atomic E-state index is 9.54. The van der Waals surface area contributed by atoms with Gasteiger partial charge in [0, 0.05) is 6.42 Å². The number of hydrogen-bond donors (Lipinski definition) is 1. The van der Waals surface area contributed by atoms with Crippen LogP contribution >= 0.6 is 0 Å². The molecule has 1 rings (SSSR count). The van der Waals surface area contributed by atoms with E-state index in [-0.39, 0.29) is 12.0 Å². The molecule has 0 aliphatic heterocycles. The van der Waals surface area contributed by atoms with Gasteiger partial charge in [-0.25, -0.2) is 0 Å². The summed E-state index contributed by atoms with van der Waals surface area (Å²) in [6.45, 7) is 6.09. The van der Waals surface area contributed by atoms with E-state index in [1.807, 2.05) is 19.1 Å². The smallest absolute Gasteiger partial charge is 0.104 e. The standard InChI is InChI=1S/C11H18O2/c1-8(2)11(9(3)12)7-10-5-4-6-13-10/h4-6,8-9,11-12H,7H2,1-3H3. The lowest BCUT2D eigenvalue weighted by atomic mass is 9.87. The van der Waals surface area contributed by atoms with Gasteiger partial charge in [-0.2, -0.15) is 0 Å². The highest BCUT2D eigenvalue weighted by molar-refractivity contribution is 5.00. The van der Waals surface area contributed by atoms with Gasteiger partial charge in [-0.1, -0.05) is 13.8 Å². The summed E-state index contributed by atoms with van der Waals surface area (Å²) in [6, 6.07) is 3.84. The minimum Gasteiger partial charge on any atom is -0.469 e. The van der Waals surface area contributed by atoms with Gasteiger partial charge in [0.1, 0.15) is 5.76 Å². The zero-order valence-corrected chi connectivity index (χ0v) is 8.53. The van der Waals surface area contributed by atoms with Gasteiger partial charge < -0.3 is 9.52 Å². The van der Waals surface area contributed by atoms with E-state index in [0.29, 0.717) is 5.92 Å². The Morgan fingerprint density at radius 1 is 1.38 bits per heavy atom. The Balaban J connectivity index is 2.58. The monoisotopic (exact) mass is 182 g/mol. The zero-order valence-electron chi connectivity index (χ0n) is 8.53. The molecule has 2 atom stereocenters. The molecule has 0 radical (unpaired) electrons. The fourth-order valence-electron chi connectivity index (χ4n) is 1.62. The molecule has 0 amide bonds. The molecule has 0 saturated heterocycles. The van der Waals surface area contributed by atoms with E-state index in [4.69, 9.17) is 4.42 Å². The average molecular weight is 182 g/mol. The second-order valence-corrected chi connectivity index (χ2v) is 3.93. The minimum atomic E-state index is -0.273. The van der Waals surface area contributed by atoms with Crippen LogP contribution in [0.2, 0.25) is 0 Å². The first kappa shape index (κ1) is 10.3. The third-order valence-corrected chi connectivity index (χ3v) is 2.49. The molecule has 0 saturated carbocycles. The van der Waals surface area contributed by atoms with Crippen LogP contribution in [0.1, 0.15) is 26.5 Å². The van der Waals surface area contributed by atoms with Crippen LogP contribution in [-0.2, 0) is 6.42 Å². The van der Waals surface area contributed by atoms with Gasteiger partial charge >= 0.3 is 0 Å². The van der Waals surface area contributed by atoms with Crippen molar-refractivity contribution in [2.24, 2.45) is 11.8 Å². The van der Waals surface area contributed by atoms with E-state index in [1.165, 1.54) is 0 Å². The molecule has 1 aromatic heterocycles. The van der Waals surface area contributed by atoms with Gasteiger partial charge in [-0.15, -0.1) is 0 Å². The second-order valence-electron chi connectivity index (χ2n) is 3.93. The van der Waals surface area contributed by atoms with E-state index in [1.54, 1.807) is 6.26 Å². The molecule has 1 N–H and O–H groups in total. The van der Waals surface area contributed by atoms with Gasteiger partial charge in [0.25, 0.3) is 0 Å². The molecule has 2 unspecified atom stereocenters. The molecule has 0 fully saturated rings. The first-order chi connectivity index (χ1) is 6.11. The predicted molar refractivity (Wildman–Crippen MR) is 52.4 cm³/mol. The summed E-state index contributed by atoms with van der Waals surface area (Å²) in [7, 11) is 0. The normalized spacial score (nSPS) is 16.1. The highest BCUT2D eigenvalue weighted by Gasteiger charge is 2.20. The van der Waals surface area contributed by atoms with E-state index >= 15 is 0 Å². The van der Waals surface area contributed by atoms with E-state index in [9.17, 15) is 5.11 Å². The molecule has 0 bridgehead atoms. The molecule has 13 heavy (non-hydrogen) atoms. The number of furan rings is 1. The third-order valence-electron chi connectivity index (χ3n) is 2.49. The summed E-state index contributed by atoms with van der Waals surface area (Å²) in [4.78, 5) is 0. The maximum Gasteiger partial charge on any atom is 0.104 e. The van der Waals surface area contributed by atoms with E-state index in [0.717, 1.165) is 12.2 Å². The fourth-order valence-corrected chi connectivity index (χ4v) is 1.62. The van der Waals surface area contributed by atoms with E-state index in [2.05, 4.69) is 13.8 Å². The first-order valence-corrected chi connectivity index (χ1v) is 4.81. The molecule has 2 heteroatoms. The number of aliphatic hydroxyl groups excluding tert-OH is 1. The van der Waals surface area contributed by atoms with Crippen molar-refractivity contribution < 1.29 is 9.52 Å². The van der Waals surface area contributed by atoms with Crippen LogP contribution in [0.3, 0.4) is 0 Å². The molecule has 0 spiro atoms. The van der Waals surface area contributed by atoms with Crippen LogP contribution in [0.4, 0.5) is 0 Å². The van der Waals surface area contributed by atoms with Crippen molar-refractivity contribution in [2.45, 2.75) is 33.3 Å². The second kappa shape index (κ2) is 4.47. The minimum absolute atomic E-state index is 0.273. The highest BCUT2D eigenvalue weighted by atomic mass is 16.3. The van der Waals surface area contributed by atoms with E-state index < -0.39 is 0 Å². The molecule has 0 aliphatic rings. The summed E-state index contributed by atoms with van der Waals surface area (Å²) in [5, 5.41) is 9.54. The van der Waals surface area contributed by atoms with Gasteiger partial charge in [-0.05, 0) is 30.9 Å². The molecular weight excluding hydrogens is 164 g/mol. The highest BCUT2D eigenvalue weighted by Crippen LogP contribution is 2.20. The van der Waals surface area contributed by atoms with Crippen LogP contribution in [0.15, 0.2) is 22.8 Å². The lowest BCUT2D eigenvalue weighted by molar-refractivity contribution is 0.0941. The van der Waals surface area contributed by atoms with Gasteiger partial charge in [0.05, 0.1) is 12.4 Å². The molecule has 1 heterocycles. The Morgan fingerprint density at radius 3 is 2.46 bits per heavy atom. The van der Waals surface area contributed by atoms with Crippen LogP contribution in [-0.4, -0.2) is 11.2 Å². The van der Waals surface area contributed by atoms with Gasteiger partial charge in [0.2, 0.25) is 0 Å². The van der Waals surface area contributed by atoms with Crippen LogP contribution in [0, 0.1) is 11.8 Å². The Morgan fingerprint density at radius 2 is 2.08 bits per heavy atom. The zero-order chi connectivity index (χ0) is 9.84. The third kappa shape index (κ3) is 2.88. The van der Waals surface area contributed by atoms with Crippen LogP contribution < -0.4 is 0 Å². The summed E-state index contributed by atoms with van der Waals surface area (Å²) in [5.74, 6) is 1.72. The molecule has 74 valence electrons. The molecular formula is C11H18O2. The van der Waals surface area contributed by atoms with Crippen molar-refractivity contribution in [3.63, 3.8) is 0 Å². The Kier molecular flexibility index (Phi) is 3.55. The quantitative estimate of drug-likeness (QED) is 0.776. The van der Waals surface area contributed by atoms with Crippen molar-refractivity contribution in [3.8, 4) is 0 Å². The Labute approximate surface area is 79.6 Å². The lowest BCUT2D eigenvalue weighted by Crippen LogP contribution is -2.24. The first-order valence-electron chi connectivity index (χ1n) is 4.81. The largest absolute Gasteiger partial charge is 0.469 e. The summed E-state index contributed by atoms with van der Waals surface area (Å²) < 4.78 is 5.25. The number of aliphatic hydroxyl groups is 1. The molecule has 0 aliphatic carbocycles. The summed E-state index contributed by atoms with van der Waals surface area (Å²) >= 11 is 0. The van der Waals surface area contributed by atoms with Crippen molar-refractivity contribution in [3.05, 3.63) is 24.2 Å². The van der Waals surface area contributed by atoms with Crippen molar-refractivity contribution in [1.29, 1.82) is 0 Å². The molecule has 2 nitrogen and oxygen atoms in total. The number of rotatable bonds is 4. The van der Waals surface area contributed by atoms with Gasteiger partial charge in [-0.3, -0.25) is 0 Å². The topological polar surface area (TPSA) is 33.4 Å². The average Bonchev–Trinajstić information content (AvgIpc) is 2.50. The summed E-state index contributed by atoms with van der Waals surface area (Å²) in [6.07, 6.45) is 2.22. The Bertz CT molecular complexity index is 216. The maximum absolute atomic E-state index is 9.54. The SMILES string of the molecule is CC(C)C(Cc1ccco1)C(C)O. The molecule has 0 aromatic carbocycles. The van der Waals surface area contributed by atoms with Crippen molar-refractivity contribution >= 4 is 0 Å². The number of hydrogen-bond acceptors (Lipinski definition) is 2. The fraction of sp³-hybridized carbons (Fsp3) is 0.636. The lowest BCUT2D eigenvalue weighted by Gasteiger charge is -2.22. The summed E-state index contributed by atoms with van der Waals surface area (Å²) in [5.41, 5.74) is 0. The van der Waals surface area contributed by atoms with Crippen LogP contribution in [0.25, 0.3) is 0 Å². The van der Waals surface area contributed by atoms with Gasteiger partial charge in [0.15, 0.2) is 0 Å². The van der Waals surface area contributed by atoms with Crippen LogP contribution in [0.5, 0.6) is 0 Å². The predicted octanol–water partition coefficient (Wildman–Crippen LogP) is 2.48. The van der Waals surface area contributed by atoms with Crippen molar-refractivity contribution in [1.82, 2.24) is 0 Å². The van der Waals surface area contributed by atoms with Crippen molar-refractivity contribution in [2.75, 3.05) is 0 Å². The molecule has 1 aromatic rings.